The first kappa shape index (κ1) is 22.7. The van der Waals surface area contributed by atoms with Crippen molar-refractivity contribution in [2.45, 2.75) is 126 Å². The van der Waals surface area contributed by atoms with Crippen LogP contribution in [0.15, 0.2) is 0 Å². The molecule has 0 amide bonds. The van der Waals surface area contributed by atoms with Crippen molar-refractivity contribution in [1.82, 2.24) is 0 Å². The van der Waals surface area contributed by atoms with Crippen LogP contribution in [0, 0.1) is 52.3 Å². The third-order valence-electron chi connectivity index (χ3n) is 10.8. The summed E-state index contributed by atoms with van der Waals surface area (Å²) < 4.78 is 0. The van der Waals surface area contributed by atoms with Crippen LogP contribution >= 0.6 is 0 Å². The van der Waals surface area contributed by atoms with Gasteiger partial charge in [-0.25, -0.2) is 0 Å². The van der Waals surface area contributed by atoms with E-state index in [-0.39, 0.29) is 7.43 Å². The summed E-state index contributed by atoms with van der Waals surface area (Å²) in [6.45, 7) is 12.9. The Hall–Kier alpha value is 0. The molecule has 4 saturated carbocycles. The maximum absolute atomic E-state index is 2.75. The van der Waals surface area contributed by atoms with E-state index in [1.54, 1.807) is 51.4 Å². The van der Waals surface area contributed by atoms with Gasteiger partial charge in [0, 0.05) is 0 Å². The topological polar surface area (TPSA) is 0 Å². The predicted molar refractivity (Wildman–Crippen MR) is 124 cm³/mol. The first-order valence-electron chi connectivity index (χ1n) is 12.9. The number of rotatable bonds is 5. The fourth-order valence-corrected chi connectivity index (χ4v) is 9.32. The third-order valence-corrected chi connectivity index (χ3v) is 10.8. The van der Waals surface area contributed by atoms with E-state index < -0.39 is 0 Å². The average molecular weight is 389 g/mol. The van der Waals surface area contributed by atoms with Gasteiger partial charge in [0.15, 0.2) is 0 Å². The quantitative estimate of drug-likeness (QED) is 0.440. The van der Waals surface area contributed by atoms with Gasteiger partial charge in [-0.2, -0.15) is 0 Å². The van der Waals surface area contributed by atoms with Gasteiger partial charge in [-0.05, 0) is 104 Å². The summed E-state index contributed by atoms with van der Waals surface area (Å²) in [5.41, 5.74) is 1.39. The van der Waals surface area contributed by atoms with Crippen LogP contribution in [0.1, 0.15) is 126 Å². The molecule has 8 unspecified atom stereocenters. The molecular formula is C28H52. The fraction of sp³-hybridized carbons (Fsp3) is 1.00. The Labute approximate surface area is 178 Å². The molecule has 0 heterocycles. The van der Waals surface area contributed by atoms with Crippen LogP contribution in [-0.4, -0.2) is 0 Å². The molecule has 0 saturated heterocycles. The van der Waals surface area contributed by atoms with Crippen LogP contribution in [0.3, 0.4) is 0 Å². The van der Waals surface area contributed by atoms with E-state index in [2.05, 4.69) is 34.6 Å². The molecule has 4 aliphatic carbocycles. The molecular weight excluding hydrogens is 336 g/mol. The van der Waals surface area contributed by atoms with Crippen molar-refractivity contribution in [2.24, 2.45) is 52.3 Å². The summed E-state index contributed by atoms with van der Waals surface area (Å²) in [5.74, 6) is 7.15. The molecule has 0 nitrogen and oxygen atoms in total. The highest BCUT2D eigenvalue weighted by molar-refractivity contribution is 5.09. The lowest BCUT2D eigenvalue weighted by Gasteiger charge is -2.61. The van der Waals surface area contributed by atoms with Crippen molar-refractivity contribution in [1.29, 1.82) is 0 Å². The summed E-state index contributed by atoms with van der Waals surface area (Å²) in [7, 11) is 0. The molecule has 0 aromatic heterocycles. The van der Waals surface area contributed by atoms with Gasteiger partial charge in [0.05, 0.1) is 0 Å². The second-order valence-electron chi connectivity index (χ2n) is 12.4. The Bertz CT molecular complexity index is 506. The monoisotopic (exact) mass is 388 g/mol. The summed E-state index contributed by atoms with van der Waals surface area (Å²) in [6, 6.07) is 0. The summed E-state index contributed by atoms with van der Waals surface area (Å²) in [4.78, 5) is 0. The third kappa shape index (κ3) is 3.73. The number of fused-ring (bicyclic) bond motifs is 5. The summed E-state index contributed by atoms with van der Waals surface area (Å²) in [6.07, 6.45) is 19.9. The van der Waals surface area contributed by atoms with Crippen molar-refractivity contribution in [3.05, 3.63) is 0 Å². The van der Waals surface area contributed by atoms with Crippen molar-refractivity contribution in [3.8, 4) is 0 Å². The van der Waals surface area contributed by atoms with Gasteiger partial charge in [-0.3, -0.25) is 0 Å². The standard InChI is InChI=1S/C27H48.CH4/c1-19(2)9-8-10-20(3)23-14-15-24-22-13-12-21-11-6-7-17-26(21,4)25(22)16-18-27(23,24)5;/h19-25H,6-18H2,1-5H3;1H4. The lowest BCUT2D eigenvalue weighted by Crippen LogP contribution is -2.53. The van der Waals surface area contributed by atoms with Gasteiger partial charge >= 0.3 is 0 Å². The van der Waals surface area contributed by atoms with E-state index in [1.165, 1.54) is 32.1 Å². The molecule has 0 aromatic carbocycles. The van der Waals surface area contributed by atoms with E-state index in [4.69, 9.17) is 0 Å². The van der Waals surface area contributed by atoms with Gasteiger partial charge in [0.25, 0.3) is 0 Å². The van der Waals surface area contributed by atoms with E-state index in [0.29, 0.717) is 10.8 Å². The van der Waals surface area contributed by atoms with Gasteiger partial charge in [0.1, 0.15) is 0 Å². The van der Waals surface area contributed by atoms with Crippen LogP contribution in [0.5, 0.6) is 0 Å². The minimum absolute atomic E-state index is 0. The first-order chi connectivity index (χ1) is 12.9. The van der Waals surface area contributed by atoms with E-state index in [0.717, 1.165) is 41.4 Å². The van der Waals surface area contributed by atoms with Gasteiger partial charge < -0.3 is 0 Å². The molecule has 0 bridgehead atoms. The van der Waals surface area contributed by atoms with Crippen LogP contribution in [0.25, 0.3) is 0 Å². The normalized spacial score (nSPS) is 46.3. The Morgan fingerprint density at radius 1 is 0.750 bits per heavy atom. The molecule has 0 N–H and O–H groups in total. The highest BCUT2D eigenvalue weighted by Gasteiger charge is 2.59. The smallest absolute Gasteiger partial charge is 0.0264 e. The zero-order valence-corrected chi connectivity index (χ0v) is 19.2. The first-order valence-corrected chi connectivity index (χ1v) is 12.9. The van der Waals surface area contributed by atoms with Crippen molar-refractivity contribution >= 4 is 0 Å². The minimum atomic E-state index is 0. The van der Waals surface area contributed by atoms with Gasteiger partial charge in [-0.1, -0.05) is 74.1 Å². The highest BCUT2D eigenvalue weighted by Crippen LogP contribution is 2.68. The van der Waals surface area contributed by atoms with E-state index in [1.807, 2.05) is 0 Å². The van der Waals surface area contributed by atoms with Gasteiger partial charge in [-0.15, -0.1) is 0 Å². The molecule has 4 aliphatic rings. The molecule has 164 valence electrons. The van der Waals surface area contributed by atoms with Crippen LogP contribution in [-0.2, 0) is 0 Å². The van der Waals surface area contributed by atoms with E-state index >= 15 is 0 Å². The minimum Gasteiger partial charge on any atom is -0.0776 e. The molecule has 4 fully saturated rings. The van der Waals surface area contributed by atoms with E-state index in [9.17, 15) is 0 Å². The van der Waals surface area contributed by atoms with Crippen molar-refractivity contribution in [2.75, 3.05) is 0 Å². The van der Waals surface area contributed by atoms with Crippen LogP contribution < -0.4 is 0 Å². The fourth-order valence-electron chi connectivity index (χ4n) is 9.32. The van der Waals surface area contributed by atoms with Crippen molar-refractivity contribution < 1.29 is 0 Å². The van der Waals surface area contributed by atoms with Crippen LogP contribution in [0.2, 0.25) is 0 Å². The lowest BCUT2D eigenvalue weighted by atomic mass is 9.44. The molecule has 0 spiro atoms. The number of hydrogen-bond donors (Lipinski definition) is 0. The average Bonchev–Trinajstić information content (AvgIpc) is 2.98. The summed E-state index contributed by atoms with van der Waals surface area (Å²) >= 11 is 0. The maximum atomic E-state index is 2.75. The Morgan fingerprint density at radius 3 is 2.25 bits per heavy atom. The SMILES string of the molecule is C.CC(C)CCCC(C)C1CCC2C3CCC4CCCCC4(C)C3CCC12C. The molecule has 4 rings (SSSR count). The Balaban J connectivity index is 0.00000225. The highest BCUT2D eigenvalue weighted by atomic mass is 14.6. The maximum Gasteiger partial charge on any atom is -0.0264 e. The molecule has 0 aromatic rings. The second kappa shape index (κ2) is 8.63. The second-order valence-corrected chi connectivity index (χ2v) is 12.4. The Morgan fingerprint density at radius 2 is 1.50 bits per heavy atom. The largest absolute Gasteiger partial charge is 0.0776 e. The summed E-state index contributed by atoms with van der Waals surface area (Å²) in [5, 5.41) is 0. The molecule has 0 heteroatoms. The Kier molecular flexibility index (Phi) is 6.99. The molecule has 0 radical (unpaired) electrons. The lowest BCUT2D eigenvalue weighted by molar-refractivity contribution is -0.114. The number of hydrogen-bond acceptors (Lipinski definition) is 0. The van der Waals surface area contributed by atoms with Crippen LogP contribution in [0.4, 0.5) is 0 Å². The van der Waals surface area contributed by atoms with Gasteiger partial charge in [0.2, 0.25) is 0 Å². The zero-order valence-electron chi connectivity index (χ0n) is 19.2. The molecule has 0 aliphatic heterocycles. The predicted octanol–water partition coefficient (Wildman–Crippen LogP) is 9.13. The zero-order chi connectivity index (χ0) is 19.2. The molecule has 28 heavy (non-hydrogen) atoms. The van der Waals surface area contributed by atoms with Crippen molar-refractivity contribution in [3.63, 3.8) is 0 Å². The molecule has 8 atom stereocenters.